The monoisotopic (exact) mass is 432 g/mol. The highest BCUT2D eigenvalue weighted by molar-refractivity contribution is 7.21. The second-order valence-corrected chi connectivity index (χ2v) is 7.61. The first-order chi connectivity index (χ1) is 15.2. The summed E-state index contributed by atoms with van der Waals surface area (Å²) in [7, 11) is 0. The summed E-state index contributed by atoms with van der Waals surface area (Å²) < 4.78 is 26.4. The van der Waals surface area contributed by atoms with Crippen LogP contribution in [0.25, 0.3) is 10.1 Å². The predicted molar refractivity (Wildman–Crippen MR) is 118 cm³/mol. The van der Waals surface area contributed by atoms with Crippen molar-refractivity contribution in [2.24, 2.45) is 0 Å². The lowest BCUT2D eigenvalue weighted by Gasteiger charge is -2.10. The van der Waals surface area contributed by atoms with Crippen LogP contribution in [0.4, 0.5) is 10.1 Å². The molecular weight excluding hydrogens is 415 g/mol. The maximum atomic E-state index is 14.6. The minimum absolute atomic E-state index is 0.0546. The highest BCUT2D eigenvalue weighted by atomic mass is 32.1. The van der Waals surface area contributed by atoms with Crippen LogP contribution in [0.15, 0.2) is 72.8 Å². The van der Waals surface area contributed by atoms with E-state index in [0.29, 0.717) is 37.7 Å². The van der Waals surface area contributed by atoms with Gasteiger partial charge in [-0.1, -0.05) is 30.3 Å². The van der Waals surface area contributed by atoms with Gasteiger partial charge in [0.15, 0.2) is 6.61 Å². The molecular formula is C24H17FN2O3S. The van der Waals surface area contributed by atoms with Crippen LogP contribution >= 0.6 is 11.3 Å². The van der Waals surface area contributed by atoms with E-state index in [2.05, 4.69) is 5.32 Å². The molecule has 0 unspecified atom stereocenters. The van der Waals surface area contributed by atoms with E-state index in [9.17, 15) is 9.18 Å². The lowest BCUT2D eigenvalue weighted by atomic mass is 10.1. The zero-order valence-electron chi connectivity index (χ0n) is 16.3. The molecule has 4 aromatic rings. The van der Waals surface area contributed by atoms with Gasteiger partial charge in [-0.2, -0.15) is 5.26 Å². The quantitative estimate of drug-likeness (QED) is 0.402. The topological polar surface area (TPSA) is 71.3 Å². The van der Waals surface area contributed by atoms with E-state index < -0.39 is 5.82 Å². The van der Waals surface area contributed by atoms with Crippen molar-refractivity contribution in [1.29, 1.82) is 5.26 Å². The number of anilines is 1. The summed E-state index contributed by atoms with van der Waals surface area (Å²) in [5, 5.41) is 11.9. The standard InChI is InChI=1S/C24H17FN2O3S/c25-20-10-5-11-21-22(20)19(15-30-17-7-2-1-3-8-17)23(31-21)24(28)27-16-6-4-9-18(14-16)29-13-12-26/h1-11,14H,13,15H2,(H,27,28). The van der Waals surface area contributed by atoms with Crippen molar-refractivity contribution in [3.63, 3.8) is 0 Å². The smallest absolute Gasteiger partial charge is 0.266 e. The van der Waals surface area contributed by atoms with Crippen molar-refractivity contribution >= 4 is 33.0 Å². The Labute approximate surface area is 182 Å². The molecule has 4 rings (SSSR count). The molecule has 1 heterocycles. The molecule has 5 nitrogen and oxygen atoms in total. The van der Waals surface area contributed by atoms with Gasteiger partial charge in [0.2, 0.25) is 0 Å². The zero-order chi connectivity index (χ0) is 21.6. The highest BCUT2D eigenvalue weighted by Crippen LogP contribution is 2.34. The Hall–Kier alpha value is -3.89. The first kappa shape index (κ1) is 20.4. The lowest BCUT2D eigenvalue weighted by Crippen LogP contribution is -2.13. The van der Waals surface area contributed by atoms with E-state index in [4.69, 9.17) is 14.7 Å². The van der Waals surface area contributed by atoms with Gasteiger partial charge in [0.1, 0.15) is 34.9 Å². The Morgan fingerprint density at radius 3 is 2.58 bits per heavy atom. The van der Waals surface area contributed by atoms with Crippen LogP contribution in [0.1, 0.15) is 15.2 Å². The fourth-order valence-electron chi connectivity index (χ4n) is 3.13. The molecule has 0 atom stereocenters. The van der Waals surface area contributed by atoms with Crippen molar-refractivity contribution in [1.82, 2.24) is 0 Å². The molecule has 3 aromatic carbocycles. The predicted octanol–water partition coefficient (Wildman–Crippen LogP) is 5.77. The van der Waals surface area contributed by atoms with Gasteiger partial charge in [0.05, 0.1) is 0 Å². The van der Waals surface area contributed by atoms with Crippen LogP contribution < -0.4 is 14.8 Å². The van der Waals surface area contributed by atoms with Gasteiger partial charge < -0.3 is 14.8 Å². The summed E-state index contributed by atoms with van der Waals surface area (Å²) >= 11 is 1.21. The molecule has 0 spiro atoms. The van der Waals surface area contributed by atoms with Crippen molar-refractivity contribution in [2.45, 2.75) is 6.61 Å². The van der Waals surface area contributed by atoms with Gasteiger partial charge in [-0.25, -0.2) is 4.39 Å². The van der Waals surface area contributed by atoms with Crippen molar-refractivity contribution in [3.8, 4) is 17.6 Å². The first-order valence-electron chi connectivity index (χ1n) is 9.44. The molecule has 0 aliphatic heterocycles. The van der Waals surface area contributed by atoms with E-state index in [1.54, 1.807) is 48.5 Å². The van der Waals surface area contributed by atoms with Crippen LogP contribution in [0.2, 0.25) is 0 Å². The Morgan fingerprint density at radius 2 is 1.77 bits per heavy atom. The van der Waals surface area contributed by atoms with Gasteiger partial charge in [0, 0.05) is 27.4 Å². The molecule has 0 aliphatic carbocycles. The minimum atomic E-state index is -0.397. The van der Waals surface area contributed by atoms with Crippen molar-refractivity contribution in [2.75, 3.05) is 11.9 Å². The van der Waals surface area contributed by atoms with Gasteiger partial charge in [-0.15, -0.1) is 11.3 Å². The first-order valence-corrected chi connectivity index (χ1v) is 10.3. The summed E-state index contributed by atoms with van der Waals surface area (Å²) in [6, 6.07) is 22.6. The Kier molecular flexibility index (Phi) is 6.11. The fourth-order valence-corrected chi connectivity index (χ4v) is 4.24. The van der Waals surface area contributed by atoms with Crippen LogP contribution in [-0.2, 0) is 6.61 Å². The van der Waals surface area contributed by atoms with Gasteiger partial charge in [-0.05, 0) is 36.4 Å². The number of fused-ring (bicyclic) bond motifs is 1. The molecule has 1 N–H and O–H groups in total. The molecule has 0 bridgehead atoms. The van der Waals surface area contributed by atoms with Crippen LogP contribution in [-0.4, -0.2) is 12.5 Å². The van der Waals surface area contributed by atoms with Crippen LogP contribution in [0.3, 0.4) is 0 Å². The molecule has 0 aliphatic rings. The van der Waals surface area contributed by atoms with Crippen LogP contribution in [0.5, 0.6) is 11.5 Å². The number of carbonyl (C=O) groups is 1. The maximum absolute atomic E-state index is 14.6. The van der Waals surface area contributed by atoms with E-state index in [0.717, 1.165) is 0 Å². The number of ether oxygens (including phenoxy) is 2. The van der Waals surface area contributed by atoms with Crippen LogP contribution in [0, 0.1) is 17.1 Å². The molecule has 31 heavy (non-hydrogen) atoms. The maximum Gasteiger partial charge on any atom is 0.266 e. The minimum Gasteiger partial charge on any atom is -0.489 e. The summed E-state index contributed by atoms with van der Waals surface area (Å²) in [5.74, 6) is 0.331. The summed E-state index contributed by atoms with van der Waals surface area (Å²) in [5.41, 5.74) is 1.00. The Balaban J connectivity index is 1.64. The third-order valence-corrected chi connectivity index (χ3v) is 5.69. The molecule has 1 amide bonds. The highest BCUT2D eigenvalue weighted by Gasteiger charge is 2.21. The number of thiophene rings is 1. The fraction of sp³-hybridized carbons (Fsp3) is 0.0833. The number of carbonyl (C=O) groups excluding carboxylic acids is 1. The Bertz CT molecular complexity index is 1270. The molecule has 1 aromatic heterocycles. The SMILES string of the molecule is N#CCOc1cccc(NC(=O)c2sc3cccc(F)c3c2COc2ccccc2)c1. The van der Waals surface area contributed by atoms with Gasteiger partial charge >= 0.3 is 0 Å². The lowest BCUT2D eigenvalue weighted by molar-refractivity contribution is 0.102. The number of amides is 1. The number of nitriles is 1. The number of hydrogen-bond donors (Lipinski definition) is 1. The second kappa shape index (κ2) is 9.28. The zero-order valence-corrected chi connectivity index (χ0v) is 17.1. The van der Waals surface area contributed by atoms with E-state index in [1.165, 1.54) is 17.4 Å². The molecule has 0 fully saturated rings. The normalized spacial score (nSPS) is 10.5. The number of halogens is 1. The average molecular weight is 432 g/mol. The summed E-state index contributed by atoms with van der Waals surface area (Å²) in [6.07, 6.45) is 0. The van der Waals surface area contributed by atoms with E-state index in [-0.39, 0.29) is 19.1 Å². The number of nitrogens with one attached hydrogen (secondary N) is 1. The van der Waals surface area contributed by atoms with Gasteiger partial charge in [-0.3, -0.25) is 4.79 Å². The van der Waals surface area contributed by atoms with E-state index in [1.807, 2.05) is 24.3 Å². The molecule has 0 saturated heterocycles. The summed E-state index contributed by atoms with van der Waals surface area (Å²) in [4.78, 5) is 13.5. The number of nitrogens with zero attached hydrogens (tertiary/aromatic N) is 1. The number of benzene rings is 3. The Morgan fingerprint density at radius 1 is 1.00 bits per heavy atom. The third-order valence-electron chi connectivity index (χ3n) is 4.49. The third kappa shape index (κ3) is 4.65. The average Bonchev–Trinajstić information content (AvgIpc) is 3.17. The summed E-state index contributed by atoms with van der Waals surface area (Å²) in [6.45, 7) is -0.0347. The van der Waals surface area contributed by atoms with Gasteiger partial charge in [0.25, 0.3) is 5.91 Å². The van der Waals surface area contributed by atoms with E-state index >= 15 is 0 Å². The molecule has 154 valence electrons. The number of hydrogen-bond acceptors (Lipinski definition) is 5. The largest absolute Gasteiger partial charge is 0.489 e. The van der Waals surface area contributed by atoms with Crippen molar-refractivity contribution in [3.05, 3.63) is 89.1 Å². The second-order valence-electron chi connectivity index (χ2n) is 6.55. The number of para-hydroxylation sites is 1. The number of rotatable bonds is 7. The molecule has 0 radical (unpaired) electrons. The molecule has 0 saturated carbocycles. The molecule has 7 heteroatoms. The van der Waals surface area contributed by atoms with Crippen molar-refractivity contribution < 1.29 is 18.7 Å².